The van der Waals surface area contributed by atoms with Gasteiger partial charge in [-0.05, 0) is 72.8 Å². The van der Waals surface area contributed by atoms with E-state index in [1.54, 1.807) is 23.9 Å². The Labute approximate surface area is 279 Å². The Bertz CT molecular complexity index is 2220. The average Bonchev–Trinajstić information content (AvgIpc) is 3.94. The molecule has 8 rings (SSSR count). The van der Waals surface area contributed by atoms with Crippen molar-refractivity contribution in [2.75, 3.05) is 14.1 Å². The highest BCUT2D eigenvalue weighted by atomic mass is 16.2. The smallest absolute Gasteiger partial charge is 0.261 e. The molecule has 242 valence electrons. The zero-order valence-corrected chi connectivity index (χ0v) is 28.5. The maximum Gasteiger partial charge on any atom is 0.261 e. The van der Waals surface area contributed by atoms with Crippen LogP contribution in [0.25, 0.3) is 56.9 Å². The summed E-state index contributed by atoms with van der Waals surface area (Å²) in [4.78, 5) is 31.4. The van der Waals surface area contributed by atoms with E-state index >= 15 is 0 Å². The zero-order chi connectivity index (χ0) is 33.8. The fraction of sp³-hybridized carbons (Fsp3) is 0.211. The third kappa shape index (κ3) is 3.86. The lowest BCUT2D eigenvalue weighted by Gasteiger charge is -2.21. The topological polar surface area (TPSA) is 70.2 Å². The normalized spacial score (nSPS) is 14.9. The molecule has 0 spiro atoms. The Morgan fingerprint density at radius 1 is 0.354 bits per heavy atom. The second-order valence-electron chi connectivity index (χ2n) is 12.8. The van der Waals surface area contributed by atoms with Crippen molar-refractivity contribution in [3.63, 3.8) is 0 Å². The van der Waals surface area contributed by atoms with Crippen LogP contribution >= 0.6 is 0 Å². The first-order valence-electron chi connectivity index (χ1n) is 15.9. The number of rotatable bonds is 6. The van der Waals surface area contributed by atoms with Crippen LogP contribution < -0.4 is 0 Å². The first kappa shape index (κ1) is 29.5. The quantitative estimate of drug-likeness (QED) is 0.244. The first-order valence-corrected chi connectivity index (χ1v) is 15.9. The standard InChI is InChI=1S/C38H38N8O2/c1-39-21-9-11-23(39)25-13-15-27(41(25)3)29-17-19-31(43(29)5)35-33-34(38(48)45(35)7)36(46(8)37(33)47)32-20-18-30(44(32)6)28-16-14-26(42(28)4)24-12-10-22-40(24)2/h9-22H,1-8H3. The molecule has 0 N–H and O–H groups in total. The van der Waals surface area contributed by atoms with E-state index in [1.807, 2.05) is 64.8 Å². The lowest BCUT2D eigenvalue weighted by molar-refractivity contribution is -0.123. The number of likely N-dealkylation sites (N-methyl/N-ethyl adjacent to an activating group) is 2. The van der Waals surface area contributed by atoms with E-state index in [-0.39, 0.29) is 11.8 Å². The van der Waals surface area contributed by atoms with Gasteiger partial charge in [-0.2, -0.15) is 0 Å². The summed E-state index contributed by atoms with van der Waals surface area (Å²) in [6.07, 6.45) is 4.08. The van der Waals surface area contributed by atoms with Crippen LogP contribution in [0.15, 0.2) is 96.3 Å². The molecule has 48 heavy (non-hydrogen) atoms. The molecule has 0 saturated carbocycles. The van der Waals surface area contributed by atoms with Crippen LogP contribution in [0.2, 0.25) is 0 Å². The first-order chi connectivity index (χ1) is 23.0. The van der Waals surface area contributed by atoms with Crippen molar-refractivity contribution >= 4 is 23.2 Å². The van der Waals surface area contributed by atoms with Gasteiger partial charge >= 0.3 is 0 Å². The van der Waals surface area contributed by atoms with E-state index in [4.69, 9.17) is 0 Å². The molecule has 0 radical (unpaired) electrons. The number of hydrogen-bond acceptors (Lipinski definition) is 2. The number of nitrogens with zero attached hydrogens (tertiary/aromatic N) is 8. The number of carbonyl (C=O) groups excluding carboxylic acids is 2. The summed E-state index contributed by atoms with van der Waals surface area (Å²) in [5.41, 5.74) is 12.2. The van der Waals surface area contributed by atoms with Crippen LogP contribution in [0.5, 0.6) is 0 Å². The minimum Gasteiger partial charge on any atom is -0.349 e. The zero-order valence-electron chi connectivity index (χ0n) is 28.5. The minimum atomic E-state index is -0.187. The molecule has 0 unspecified atom stereocenters. The molecule has 6 aromatic rings. The lowest BCUT2D eigenvalue weighted by atomic mass is 10.1. The van der Waals surface area contributed by atoms with Crippen LogP contribution in [-0.2, 0) is 51.9 Å². The lowest BCUT2D eigenvalue weighted by Crippen LogP contribution is -2.26. The van der Waals surface area contributed by atoms with Gasteiger partial charge < -0.3 is 37.2 Å². The van der Waals surface area contributed by atoms with Gasteiger partial charge in [0.05, 0.1) is 79.5 Å². The maximum atomic E-state index is 14.1. The van der Waals surface area contributed by atoms with Crippen LogP contribution in [-0.4, -0.2) is 63.1 Å². The highest BCUT2D eigenvalue weighted by molar-refractivity contribution is 6.30. The fourth-order valence-electron chi connectivity index (χ4n) is 7.65. The highest BCUT2D eigenvalue weighted by Gasteiger charge is 2.48. The number of aryl methyl sites for hydroxylation is 2. The monoisotopic (exact) mass is 638 g/mol. The SMILES string of the molecule is CN1C(=O)C2=C(c3ccc(-c4ccc(-c5cccn5C)n4C)n3C)N(C)C(=O)C2=C1c1ccc(-c2ccc(-c3cccn3C)n2C)n1C. The molecule has 0 saturated heterocycles. The largest absolute Gasteiger partial charge is 0.349 e. The van der Waals surface area contributed by atoms with Gasteiger partial charge in [-0.1, -0.05) is 0 Å². The van der Waals surface area contributed by atoms with Crippen LogP contribution in [0.1, 0.15) is 11.4 Å². The fourth-order valence-corrected chi connectivity index (χ4v) is 7.65. The molecule has 2 amide bonds. The number of fused-ring (bicyclic) bond motifs is 1. The summed E-state index contributed by atoms with van der Waals surface area (Å²) in [6.45, 7) is 0. The average molecular weight is 639 g/mol. The molecule has 2 aliphatic rings. The van der Waals surface area contributed by atoms with E-state index < -0.39 is 0 Å². The number of carbonyl (C=O) groups is 2. The molecule has 0 fully saturated rings. The third-order valence-corrected chi connectivity index (χ3v) is 10.3. The molecular weight excluding hydrogens is 600 g/mol. The summed E-state index contributed by atoms with van der Waals surface area (Å²) in [7, 11) is 15.7. The Morgan fingerprint density at radius 3 is 0.917 bits per heavy atom. The highest BCUT2D eigenvalue weighted by Crippen LogP contribution is 2.46. The number of hydrogen-bond donors (Lipinski definition) is 0. The van der Waals surface area contributed by atoms with E-state index in [1.165, 1.54) is 0 Å². The second-order valence-corrected chi connectivity index (χ2v) is 12.8. The molecule has 8 heterocycles. The summed E-state index contributed by atoms with van der Waals surface area (Å²) < 4.78 is 12.7. The van der Waals surface area contributed by atoms with Gasteiger partial charge in [0.2, 0.25) is 0 Å². The van der Waals surface area contributed by atoms with Gasteiger partial charge in [0.1, 0.15) is 0 Å². The summed E-state index contributed by atoms with van der Waals surface area (Å²) in [6, 6.07) is 24.9. The molecule has 10 nitrogen and oxygen atoms in total. The van der Waals surface area contributed by atoms with Gasteiger partial charge in [0, 0.05) is 68.8 Å². The van der Waals surface area contributed by atoms with Crippen molar-refractivity contribution in [2.45, 2.75) is 0 Å². The van der Waals surface area contributed by atoms with E-state index in [9.17, 15) is 9.59 Å². The van der Waals surface area contributed by atoms with E-state index in [0.29, 0.717) is 22.5 Å². The Balaban J connectivity index is 1.22. The maximum absolute atomic E-state index is 14.1. The molecule has 0 atom stereocenters. The Kier molecular flexibility index (Phi) is 6.33. The van der Waals surface area contributed by atoms with Gasteiger partial charge in [0.15, 0.2) is 0 Å². The van der Waals surface area contributed by atoms with E-state index in [2.05, 4.69) is 90.0 Å². The van der Waals surface area contributed by atoms with Gasteiger partial charge in [0.25, 0.3) is 11.8 Å². The second kappa shape index (κ2) is 10.3. The van der Waals surface area contributed by atoms with Gasteiger partial charge in [-0.25, -0.2) is 0 Å². The number of aromatic nitrogens is 6. The number of amides is 2. The molecule has 0 aromatic carbocycles. The van der Waals surface area contributed by atoms with Crippen molar-refractivity contribution in [1.29, 1.82) is 0 Å². The van der Waals surface area contributed by atoms with Gasteiger partial charge in [-0.3, -0.25) is 9.59 Å². The molecule has 6 aromatic heterocycles. The van der Waals surface area contributed by atoms with Crippen molar-refractivity contribution < 1.29 is 9.59 Å². The predicted octanol–water partition coefficient (Wildman–Crippen LogP) is 5.45. The Morgan fingerprint density at radius 2 is 0.625 bits per heavy atom. The third-order valence-electron chi connectivity index (χ3n) is 10.3. The summed E-state index contributed by atoms with van der Waals surface area (Å²) >= 11 is 0. The van der Waals surface area contributed by atoms with Crippen molar-refractivity contribution in [3.05, 3.63) is 108 Å². The van der Waals surface area contributed by atoms with Crippen molar-refractivity contribution in [1.82, 2.24) is 37.2 Å². The van der Waals surface area contributed by atoms with Crippen LogP contribution in [0.4, 0.5) is 0 Å². The molecule has 0 aliphatic carbocycles. The molecule has 2 aliphatic heterocycles. The minimum absolute atomic E-state index is 0.187. The Hall–Kier alpha value is -5.90. The van der Waals surface area contributed by atoms with Crippen LogP contribution in [0, 0.1) is 0 Å². The predicted molar refractivity (Wildman–Crippen MR) is 188 cm³/mol. The van der Waals surface area contributed by atoms with Crippen molar-refractivity contribution in [2.24, 2.45) is 42.3 Å². The molecule has 0 bridgehead atoms. The summed E-state index contributed by atoms with van der Waals surface area (Å²) in [5.74, 6) is -0.374. The molecular formula is C38H38N8O2. The molecule has 10 heteroatoms. The van der Waals surface area contributed by atoms with Gasteiger partial charge in [-0.15, -0.1) is 0 Å². The van der Waals surface area contributed by atoms with E-state index in [0.717, 1.165) is 56.9 Å². The van der Waals surface area contributed by atoms with Crippen molar-refractivity contribution in [3.8, 4) is 45.6 Å². The van der Waals surface area contributed by atoms with Crippen LogP contribution in [0.3, 0.4) is 0 Å². The summed E-state index contributed by atoms with van der Waals surface area (Å²) in [5, 5.41) is 0.